The minimum absolute atomic E-state index is 0.0725. The van der Waals surface area contributed by atoms with Gasteiger partial charge in [0.1, 0.15) is 25.3 Å². The molecule has 0 aromatic carbocycles. The van der Waals surface area contributed by atoms with E-state index in [1.54, 1.807) is 20.8 Å². The third kappa shape index (κ3) is 10.5. The summed E-state index contributed by atoms with van der Waals surface area (Å²) in [7, 11) is 0. The zero-order valence-corrected chi connectivity index (χ0v) is 29.8. The second kappa shape index (κ2) is 15.6. The Morgan fingerprint density at radius 2 is 1.47 bits per heavy atom. The molecule has 0 spiro atoms. The maximum atomic E-state index is 14.4. The van der Waals surface area contributed by atoms with E-state index in [1.165, 1.54) is 4.90 Å². The summed E-state index contributed by atoms with van der Waals surface area (Å²) in [5.41, 5.74) is 3.50. The Bertz CT molecular complexity index is 1200. The Morgan fingerprint density at radius 3 is 1.94 bits per heavy atom. The number of amides is 7. The number of carbonyl (C=O) groups excluding carboxylic acids is 7. The number of nitrogens with zero attached hydrogens (tertiary/aromatic N) is 2. The summed E-state index contributed by atoms with van der Waals surface area (Å²) in [6.45, 7) is 18.5. The number of morpholine rings is 1. The number of rotatable bonds is 12. The number of hydrogen-bond donors (Lipinski definition) is 4. The summed E-state index contributed by atoms with van der Waals surface area (Å²) < 4.78 is 5.00. The van der Waals surface area contributed by atoms with Crippen LogP contribution in [0.4, 0.5) is 4.79 Å². The first-order valence-electron chi connectivity index (χ1n) is 16.4. The van der Waals surface area contributed by atoms with E-state index in [4.69, 9.17) is 10.5 Å². The van der Waals surface area contributed by atoms with Crippen molar-refractivity contribution in [2.75, 3.05) is 26.3 Å². The molecule has 14 nitrogen and oxygen atoms in total. The van der Waals surface area contributed by atoms with E-state index in [0.29, 0.717) is 12.8 Å². The molecule has 2 rings (SSSR count). The number of Topliss-reactive ketones (excluding diaryl/α,β-unsaturated/α-hetero) is 1. The summed E-state index contributed by atoms with van der Waals surface area (Å²) in [4.78, 5) is 93.5. The zero-order valence-electron chi connectivity index (χ0n) is 29.8. The minimum Gasteiger partial charge on any atom is -0.363 e. The predicted molar refractivity (Wildman–Crippen MR) is 174 cm³/mol. The molecule has 0 aromatic heterocycles. The fraction of sp³-hybridized carbons (Fsp3) is 0.788. The maximum absolute atomic E-state index is 14.4. The second-order valence-electron chi connectivity index (χ2n) is 15.9. The fourth-order valence-electron chi connectivity index (χ4n) is 5.96. The van der Waals surface area contributed by atoms with Gasteiger partial charge in [-0.05, 0) is 35.0 Å². The van der Waals surface area contributed by atoms with Crippen molar-refractivity contribution in [3.05, 3.63) is 0 Å². The molecule has 5 atom stereocenters. The number of hydrogen-bond acceptors (Lipinski definition) is 8. The van der Waals surface area contributed by atoms with E-state index in [9.17, 15) is 33.6 Å². The van der Waals surface area contributed by atoms with Crippen LogP contribution >= 0.6 is 0 Å². The molecule has 2 saturated heterocycles. The lowest BCUT2D eigenvalue weighted by atomic mass is 9.75. The number of nitrogens with two attached hydrogens (primary N) is 1. The third-order valence-corrected chi connectivity index (χ3v) is 8.94. The molecule has 47 heavy (non-hydrogen) atoms. The van der Waals surface area contributed by atoms with E-state index in [-0.39, 0.29) is 38.6 Å². The lowest BCUT2D eigenvalue weighted by molar-refractivity contribution is -0.159. The van der Waals surface area contributed by atoms with Gasteiger partial charge in [-0.25, -0.2) is 4.79 Å². The Balaban J connectivity index is 2.37. The summed E-state index contributed by atoms with van der Waals surface area (Å²) in [5.74, 6) is -4.35. The molecule has 0 aromatic rings. The van der Waals surface area contributed by atoms with Crippen molar-refractivity contribution in [3.8, 4) is 0 Å². The van der Waals surface area contributed by atoms with Gasteiger partial charge in [0.05, 0.1) is 12.1 Å². The van der Waals surface area contributed by atoms with Gasteiger partial charge in [-0.15, -0.1) is 0 Å². The smallest absolute Gasteiger partial charge is 0.315 e. The lowest BCUT2D eigenvalue weighted by Gasteiger charge is -2.39. The average Bonchev–Trinajstić information content (AvgIpc) is 3.39. The van der Waals surface area contributed by atoms with Gasteiger partial charge >= 0.3 is 6.03 Å². The number of unbranched alkanes of at least 4 members (excludes halogenated alkanes) is 1. The van der Waals surface area contributed by atoms with Crippen molar-refractivity contribution in [2.24, 2.45) is 27.9 Å². The van der Waals surface area contributed by atoms with Crippen LogP contribution < -0.4 is 21.7 Å². The van der Waals surface area contributed by atoms with Crippen LogP contribution in [0.2, 0.25) is 0 Å². The Hall–Kier alpha value is -3.55. The van der Waals surface area contributed by atoms with Gasteiger partial charge in [0.2, 0.25) is 17.6 Å². The van der Waals surface area contributed by atoms with Crippen molar-refractivity contribution in [1.82, 2.24) is 25.8 Å². The molecule has 266 valence electrons. The molecule has 14 heteroatoms. The number of ether oxygens (including phenoxy) is 1. The molecular formula is C33H56N6O8. The molecule has 2 heterocycles. The number of urea groups is 1. The van der Waals surface area contributed by atoms with Gasteiger partial charge in [-0.1, -0.05) is 82.1 Å². The van der Waals surface area contributed by atoms with Crippen molar-refractivity contribution < 1.29 is 38.3 Å². The summed E-state index contributed by atoms with van der Waals surface area (Å²) in [6, 6.07) is -4.50. The Morgan fingerprint density at radius 1 is 0.894 bits per heavy atom. The number of likely N-dealkylation sites (tertiary alicyclic amines) is 1. The summed E-state index contributed by atoms with van der Waals surface area (Å²) in [6.07, 6.45) is 2.04. The highest BCUT2D eigenvalue weighted by atomic mass is 16.5. The number of imide groups is 1. The van der Waals surface area contributed by atoms with Gasteiger partial charge in [0.15, 0.2) is 0 Å². The number of ketones is 1. The van der Waals surface area contributed by atoms with Gasteiger partial charge in [0, 0.05) is 13.1 Å². The molecule has 1 unspecified atom stereocenters. The van der Waals surface area contributed by atoms with E-state index >= 15 is 0 Å². The van der Waals surface area contributed by atoms with Crippen LogP contribution in [0.1, 0.15) is 94.9 Å². The van der Waals surface area contributed by atoms with Crippen molar-refractivity contribution in [3.63, 3.8) is 0 Å². The third-order valence-electron chi connectivity index (χ3n) is 8.94. The molecule has 0 aliphatic carbocycles. The molecule has 5 N–H and O–H groups in total. The largest absolute Gasteiger partial charge is 0.363 e. The molecule has 2 fully saturated rings. The minimum atomic E-state index is -1.14. The fourth-order valence-corrected chi connectivity index (χ4v) is 5.96. The summed E-state index contributed by atoms with van der Waals surface area (Å²) in [5, 5.41) is 8.39. The monoisotopic (exact) mass is 664 g/mol. The van der Waals surface area contributed by atoms with Crippen molar-refractivity contribution in [2.45, 2.75) is 119 Å². The molecule has 0 radical (unpaired) electrons. The van der Waals surface area contributed by atoms with E-state index in [2.05, 4.69) is 16.0 Å². The van der Waals surface area contributed by atoms with Crippen molar-refractivity contribution >= 4 is 41.4 Å². The van der Waals surface area contributed by atoms with E-state index in [0.717, 1.165) is 11.3 Å². The SMILES string of the molecule is CCCCC(NC(=O)[C@@H]1[C@@H](C(C)(C)C)CCN1C(=O)[C@@H](NC(=O)N[C@H](CN1C(=O)COCC1=O)C(C)(C)C)C(C)(C)C)C(=O)C(N)=O. The van der Waals surface area contributed by atoms with Crippen LogP contribution in [-0.2, 0) is 33.5 Å². The van der Waals surface area contributed by atoms with Gasteiger partial charge in [-0.2, -0.15) is 0 Å². The molecule has 7 amide bonds. The topological polar surface area (TPSA) is 197 Å². The van der Waals surface area contributed by atoms with Gasteiger partial charge in [0.25, 0.3) is 17.7 Å². The highest BCUT2D eigenvalue weighted by Crippen LogP contribution is 2.40. The van der Waals surface area contributed by atoms with Crippen LogP contribution in [0.15, 0.2) is 0 Å². The number of carbonyl (C=O) groups is 7. The molecule has 2 aliphatic rings. The predicted octanol–water partition coefficient (Wildman–Crippen LogP) is 1.49. The average molecular weight is 665 g/mol. The van der Waals surface area contributed by atoms with Crippen LogP contribution in [0.3, 0.4) is 0 Å². The van der Waals surface area contributed by atoms with E-state index in [1.807, 2.05) is 48.5 Å². The highest BCUT2D eigenvalue weighted by molar-refractivity contribution is 6.37. The van der Waals surface area contributed by atoms with Gasteiger partial charge in [-0.3, -0.25) is 33.7 Å². The zero-order chi connectivity index (χ0) is 36.1. The molecule has 2 aliphatic heterocycles. The van der Waals surface area contributed by atoms with E-state index < -0.39 is 81.8 Å². The standard InChI is InChI=1S/C33H56N6O8/c1-11-12-13-20(25(42)27(34)43)35-28(44)24-19(31(2,3)4)14-15-38(24)29(45)26(33(8,9)10)37-30(46)36-21(32(5,6)7)16-39-22(40)17-47-18-23(39)41/h19-21,24,26H,11-18H2,1-10H3,(H2,34,43)(H,35,44)(H2,36,37,46)/t19-,20?,21+,24-,26+/m0/s1. The van der Waals surface area contributed by atoms with Crippen LogP contribution in [-0.4, -0.2) is 102 Å². The van der Waals surface area contributed by atoms with Crippen LogP contribution in [0.5, 0.6) is 0 Å². The highest BCUT2D eigenvalue weighted by Gasteiger charge is 2.50. The van der Waals surface area contributed by atoms with Crippen LogP contribution in [0.25, 0.3) is 0 Å². The Kier molecular flexibility index (Phi) is 13.1. The maximum Gasteiger partial charge on any atom is 0.315 e. The normalized spacial score (nSPS) is 21.1. The first kappa shape index (κ1) is 39.6. The first-order chi connectivity index (χ1) is 21.5. The van der Waals surface area contributed by atoms with Crippen molar-refractivity contribution in [1.29, 1.82) is 0 Å². The molecular weight excluding hydrogens is 608 g/mol. The lowest BCUT2D eigenvalue weighted by Crippen LogP contribution is -2.63. The summed E-state index contributed by atoms with van der Waals surface area (Å²) >= 11 is 0. The molecule has 0 saturated carbocycles. The number of primary amides is 1. The second-order valence-corrected chi connectivity index (χ2v) is 15.9. The first-order valence-corrected chi connectivity index (χ1v) is 16.4. The number of nitrogens with one attached hydrogen (secondary N) is 3. The van der Waals surface area contributed by atoms with Crippen LogP contribution in [0, 0.1) is 22.2 Å². The van der Waals surface area contributed by atoms with Gasteiger partial charge < -0.3 is 31.3 Å². The molecule has 0 bridgehead atoms. The Labute approximate surface area is 278 Å². The quantitative estimate of drug-likeness (QED) is 0.178.